The van der Waals surface area contributed by atoms with Crippen LogP contribution in [0.5, 0.6) is 5.75 Å². The summed E-state index contributed by atoms with van der Waals surface area (Å²) in [6, 6.07) is 9.88. The number of ether oxygens (including phenoxy) is 1. The average Bonchev–Trinajstić information content (AvgIpc) is 3.41. The molecule has 0 aliphatic carbocycles. The largest absolute Gasteiger partial charge is 0.494 e. The molecule has 5 N–H and O–H groups in total. The molecule has 0 unspecified atom stereocenters. The molecule has 1 fully saturated rings. The van der Waals surface area contributed by atoms with Crippen LogP contribution >= 0.6 is 0 Å². The number of methoxy groups -OCH3 is 1. The molecule has 1 aliphatic rings. The first-order valence-corrected chi connectivity index (χ1v) is 15.4. The van der Waals surface area contributed by atoms with Crippen molar-refractivity contribution in [1.82, 2.24) is 19.9 Å². The van der Waals surface area contributed by atoms with E-state index in [1.807, 2.05) is 19.1 Å². The number of fused-ring (bicyclic) bond motifs is 1. The number of nitrogens with two attached hydrogens (primary N) is 1. The number of anilines is 5. The minimum absolute atomic E-state index is 0.155. The SMILES string of the molecule is COc1cc(N2CCN(CCS(C)(=O)=O)CC2)c(C)cc1Nc1nc(Nc2cccc(F)c2C(N)=O)c2cc[nH]c2n1. The highest BCUT2D eigenvalue weighted by molar-refractivity contribution is 7.90. The maximum atomic E-state index is 14.4. The zero-order valence-electron chi connectivity index (χ0n) is 23.6. The van der Waals surface area contributed by atoms with Gasteiger partial charge in [-0.15, -0.1) is 0 Å². The quantitative estimate of drug-likeness (QED) is 0.214. The van der Waals surface area contributed by atoms with Crippen molar-refractivity contribution in [2.45, 2.75) is 6.92 Å². The Hall–Kier alpha value is -4.43. The summed E-state index contributed by atoms with van der Waals surface area (Å²) < 4.78 is 43.2. The number of nitrogens with one attached hydrogen (secondary N) is 3. The van der Waals surface area contributed by atoms with Crippen molar-refractivity contribution in [3.05, 3.63) is 59.5 Å². The van der Waals surface area contributed by atoms with E-state index >= 15 is 0 Å². The van der Waals surface area contributed by atoms with Crippen LogP contribution in [-0.4, -0.2) is 86.0 Å². The highest BCUT2D eigenvalue weighted by atomic mass is 32.2. The lowest BCUT2D eigenvalue weighted by molar-refractivity contribution is 0.0997. The van der Waals surface area contributed by atoms with Crippen LogP contribution in [0, 0.1) is 12.7 Å². The third-order valence-corrected chi connectivity index (χ3v) is 8.11. The van der Waals surface area contributed by atoms with Crippen LogP contribution in [0.2, 0.25) is 0 Å². The van der Waals surface area contributed by atoms with E-state index in [9.17, 15) is 17.6 Å². The monoisotopic (exact) mass is 596 g/mol. The van der Waals surface area contributed by atoms with Gasteiger partial charge in [0.1, 0.15) is 32.9 Å². The van der Waals surface area contributed by atoms with Gasteiger partial charge in [0.25, 0.3) is 5.91 Å². The fourth-order valence-corrected chi connectivity index (χ4v) is 5.60. The zero-order valence-corrected chi connectivity index (χ0v) is 24.4. The number of hydrogen-bond donors (Lipinski definition) is 4. The molecule has 12 nitrogen and oxygen atoms in total. The molecule has 14 heteroatoms. The normalized spacial score (nSPS) is 14.2. The van der Waals surface area contributed by atoms with E-state index < -0.39 is 21.6 Å². The summed E-state index contributed by atoms with van der Waals surface area (Å²) in [5.41, 5.74) is 8.54. The van der Waals surface area contributed by atoms with Crippen LogP contribution in [0.3, 0.4) is 0 Å². The minimum Gasteiger partial charge on any atom is -0.494 e. The van der Waals surface area contributed by atoms with Crippen molar-refractivity contribution in [3.8, 4) is 5.75 Å². The van der Waals surface area contributed by atoms with Gasteiger partial charge in [-0.2, -0.15) is 9.97 Å². The lowest BCUT2D eigenvalue weighted by Gasteiger charge is -2.37. The van der Waals surface area contributed by atoms with Gasteiger partial charge < -0.3 is 31.0 Å². The van der Waals surface area contributed by atoms with Gasteiger partial charge in [-0.05, 0) is 36.8 Å². The Morgan fingerprint density at radius 3 is 2.57 bits per heavy atom. The third kappa shape index (κ3) is 6.39. The summed E-state index contributed by atoms with van der Waals surface area (Å²) in [7, 11) is -1.42. The molecule has 0 atom stereocenters. The van der Waals surface area contributed by atoms with E-state index in [0.29, 0.717) is 34.8 Å². The fraction of sp³-hybridized carbons (Fsp3) is 0.321. The topological polar surface area (TPSA) is 159 Å². The van der Waals surface area contributed by atoms with Gasteiger partial charge in [-0.1, -0.05) is 6.07 Å². The predicted octanol–water partition coefficient (Wildman–Crippen LogP) is 3.17. The van der Waals surface area contributed by atoms with Crippen molar-refractivity contribution in [1.29, 1.82) is 0 Å². The summed E-state index contributed by atoms with van der Waals surface area (Å²) in [5.74, 6) is -0.305. The van der Waals surface area contributed by atoms with Crippen LogP contribution in [0.4, 0.5) is 33.2 Å². The number of aromatic nitrogens is 3. The van der Waals surface area contributed by atoms with Gasteiger partial charge in [-0.3, -0.25) is 9.69 Å². The fourth-order valence-electron chi connectivity index (χ4n) is 5.01. The average molecular weight is 597 g/mol. The van der Waals surface area contributed by atoms with Crippen molar-refractivity contribution in [3.63, 3.8) is 0 Å². The van der Waals surface area contributed by atoms with Crippen molar-refractivity contribution < 1.29 is 22.3 Å². The number of halogens is 1. The molecule has 2 aromatic carbocycles. The first kappa shape index (κ1) is 29.1. The lowest BCUT2D eigenvalue weighted by Crippen LogP contribution is -2.47. The number of carbonyl (C=O) groups excluding carboxylic acids is 1. The van der Waals surface area contributed by atoms with Crippen molar-refractivity contribution in [2.24, 2.45) is 5.73 Å². The zero-order chi connectivity index (χ0) is 30.0. The number of benzene rings is 2. The molecule has 0 saturated carbocycles. The van der Waals surface area contributed by atoms with E-state index in [0.717, 1.165) is 37.4 Å². The molecule has 42 heavy (non-hydrogen) atoms. The summed E-state index contributed by atoms with van der Waals surface area (Å²) in [4.78, 5) is 28.6. The summed E-state index contributed by atoms with van der Waals surface area (Å²) >= 11 is 0. The van der Waals surface area contributed by atoms with E-state index in [-0.39, 0.29) is 23.0 Å². The maximum absolute atomic E-state index is 14.4. The number of aryl methyl sites for hydroxylation is 1. The summed E-state index contributed by atoms with van der Waals surface area (Å²) in [6.07, 6.45) is 2.96. The number of amides is 1. The molecule has 1 saturated heterocycles. The van der Waals surface area contributed by atoms with Crippen molar-refractivity contribution >= 4 is 55.6 Å². The second-order valence-corrected chi connectivity index (χ2v) is 12.5. The number of sulfone groups is 1. The molecule has 3 heterocycles. The van der Waals surface area contributed by atoms with Gasteiger partial charge in [-0.25, -0.2) is 12.8 Å². The molecule has 222 valence electrons. The highest BCUT2D eigenvalue weighted by Gasteiger charge is 2.22. The predicted molar refractivity (Wildman–Crippen MR) is 161 cm³/mol. The number of nitrogens with zero attached hydrogens (tertiary/aromatic N) is 4. The molecule has 1 aliphatic heterocycles. The summed E-state index contributed by atoms with van der Waals surface area (Å²) in [6.45, 7) is 5.58. The Balaban J connectivity index is 1.39. The van der Waals surface area contributed by atoms with Crippen molar-refractivity contribution in [2.75, 3.05) is 67.4 Å². The summed E-state index contributed by atoms with van der Waals surface area (Å²) in [5, 5.41) is 6.90. The third-order valence-electron chi connectivity index (χ3n) is 7.18. The van der Waals surface area contributed by atoms with Gasteiger partial charge in [0.15, 0.2) is 0 Å². The maximum Gasteiger partial charge on any atom is 0.253 e. The molecule has 0 spiro atoms. The number of rotatable bonds is 10. The smallest absolute Gasteiger partial charge is 0.253 e. The van der Waals surface area contributed by atoms with E-state index in [4.69, 9.17) is 10.5 Å². The molecular weight excluding hydrogens is 563 g/mol. The minimum atomic E-state index is -3.00. The molecule has 0 bridgehead atoms. The van der Waals surface area contributed by atoms with Gasteiger partial charge >= 0.3 is 0 Å². The number of H-pyrrole nitrogens is 1. The molecule has 0 radical (unpaired) electrons. The Morgan fingerprint density at radius 2 is 1.88 bits per heavy atom. The molecule has 5 rings (SSSR count). The first-order valence-electron chi connectivity index (χ1n) is 13.3. The van der Waals surface area contributed by atoms with Gasteiger partial charge in [0.2, 0.25) is 5.95 Å². The van der Waals surface area contributed by atoms with E-state index in [2.05, 4.69) is 35.4 Å². The number of primary amides is 1. The Bertz CT molecular complexity index is 1740. The first-order chi connectivity index (χ1) is 20.0. The Labute approximate surface area is 243 Å². The Morgan fingerprint density at radius 1 is 1.12 bits per heavy atom. The second kappa shape index (κ2) is 11.8. The number of hydrogen-bond acceptors (Lipinski definition) is 10. The number of aromatic amines is 1. The number of piperazine rings is 1. The van der Waals surface area contributed by atoms with Gasteiger partial charge in [0, 0.05) is 56.9 Å². The van der Waals surface area contributed by atoms with Crippen LogP contribution in [-0.2, 0) is 9.84 Å². The van der Waals surface area contributed by atoms with E-state index in [1.165, 1.54) is 18.4 Å². The van der Waals surface area contributed by atoms with Crippen LogP contribution < -0.4 is 26.0 Å². The standard InChI is InChI=1S/C28H33FN8O4S/c1-17-15-21(23(41-2)16-22(17)37-11-9-36(10-12-37)13-14-42(3,39)40)33-28-34-26-18(7-8-31-26)27(35-28)32-20-6-4-5-19(29)24(20)25(30)38/h4-8,15-16H,9-14H2,1-3H3,(H2,30,38)(H3,31,32,33,34,35). The number of carbonyl (C=O) groups is 1. The van der Waals surface area contributed by atoms with Crippen LogP contribution in [0.1, 0.15) is 15.9 Å². The van der Waals surface area contributed by atoms with E-state index in [1.54, 1.807) is 25.4 Å². The molecule has 2 aromatic heterocycles. The molecule has 4 aromatic rings. The van der Waals surface area contributed by atoms with Crippen LogP contribution in [0.15, 0.2) is 42.6 Å². The highest BCUT2D eigenvalue weighted by Crippen LogP contribution is 2.36. The molecule has 1 amide bonds. The van der Waals surface area contributed by atoms with Gasteiger partial charge in [0.05, 0.1) is 35.2 Å². The lowest BCUT2D eigenvalue weighted by atomic mass is 10.1. The van der Waals surface area contributed by atoms with Crippen LogP contribution in [0.25, 0.3) is 11.0 Å². The Kier molecular flexibility index (Phi) is 8.18. The molecular formula is C28H33FN8O4S. The second-order valence-electron chi connectivity index (χ2n) is 10.2.